The zero-order chi connectivity index (χ0) is 13.2. The second-order valence-electron chi connectivity index (χ2n) is 4.21. The highest BCUT2D eigenvalue weighted by Crippen LogP contribution is 2.23. The Kier molecular flexibility index (Phi) is 7.78. The molecule has 1 rings (SSSR count). The number of nitrogens with one attached hydrogen (secondary N) is 1. The molecule has 0 radical (unpaired) electrons. The van der Waals surface area contributed by atoms with Crippen LogP contribution in [0.5, 0.6) is 5.75 Å². The summed E-state index contributed by atoms with van der Waals surface area (Å²) < 4.78 is 6.91. The van der Waals surface area contributed by atoms with Crippen LogP contribution >= 0.6 is 15.9 Å². The summed E-state index contributed by atoms with van der Waals surface area (Å²) in [5.74, 6) is 0.978. The molecule has 0 saturated carbocycles. The van der Waals surface area contributed by atoms with E-state index < -0.39 is 0 Å². The van der Waals surface area contributed by atoms with Crippen LogP contribution in [0.25, 0.3) is 0 Å². The fraction of sp³-hybridized carbons (Fsp3) is 0.467. The first-order valence-electron chi connectivity index (χ1n) is 6.50. The molecule has 0 spiro atoms. The Bertz CT molecular complexity index is 366. The Labute approximate surface area is 119 Å². The van der Waals surface area contributed by atoms with Crippen LogP contribution in [0.15, 0.2) is 35.3 Å². The van der Waals surface area contributed by atoms with Gasteiger partial charge < -0.3 is 10.1 Å². The molecule has 3 heteroatoms. The molecule has 0 unspecified atom stereocenters. The molecule has 0 fully saturated rings. The number of unbranched alkanes of at least 4 members (excludes halogenated alkanes) is 1. The van der Waals surface area contributed by atoms with Crippen LogP contribution in [-0.4, -0.2) is 13.2 Å². The van der Waals surface area contributed by atoms with E-state index in [1.54, 1.807) is 0 Å². The van der Waals surface area contributed by atoms with Crippen molar-refractivity contribution >= 4 is 15.9 Å². The van der Waals surface area contributed by atoms with Crippen molar-refractivity contribution in [2.45, 2.75) is 32.7 Å². The van der Waals surface area contributed by atoms with Crippen molar-refractivity contribution in [3.8, 4) is 5.75 Å². The summed E-state index contributed by atoms with van der Waals surface area (Å²) in [6.45, 7) is 8.51. The van der Waals surface area contributed by atoms with E-state index in [1.165, 1.54) is 5.56 Å². The topological polar surface area (TPSA) is 21.3 Å². The van der Waals surface area contributed by atoms with Gasteiger partial charge in [0.05, 0.1) is 6.61 Å². The Morgan fingerprint density at radius 2 is 2.28 bits per heavy atom. The zero-order valence-corrected chi connectivity index (χ0v) is 12.6. The predicted molar refractivity (Wildman–Crippen MR) is 81.1 cm³/mol. The lowest BCUT2D eigenvalue weighted by Crippen LogP contribution is -2.14. The molecule has 0 bridgehead atoms. The third-order valence-electron chi connectivity index (χ3n) is 2.57. The van der Waals surface area contributed by atoms with Gasteiger partial charge in [0.2, 0.25) is 0 Å². The molecule has 0 saturated heterocycles. The molecule has 0 atom stereocenters. The molecule has 0 amide bonds. The summed E-state index contributed by atoms with van der Waals surface area (Å²) in [6.07, 6.45) is 5.08. The fourth-order valence-electron chi connectivity index (χ4n) is 1.64. The van der Waals surface area contributed by atoms with E-state index in [0.29, 0.717) is 0 Å². The van der Waals surface area contributed by atoms with Crippen molar-refractivity contribution in [3.05, 3.63) is 40.9 Å². The van der Waals surface area contributed by atoms with Gasteiger partial charge in [-0.15, -0.1) is 6.58 Å². The van der Waals surface area contributed by atoms with Crippen LogP contribution in [-0.2, 0) is 6.54 Å². The molecule has 18 heavy (non-hydrogen) atoms. The number of halogens is 1. The minimum absolute atomic E-state index is 0.744. The molecule has 1 N–H and O–H groups in total. The van der Waals surface area contributed by atoms with Crippen LogP contribution in [0, 0.1) is 0 Å². The van der Waals surface area contributed by atoms with Crippen molar-refractivity contribution in [3.63, 3.8) is 0 Å². The molecule has 0 aliphatic carbocycles. The molecular weight excluding hydrogens is 290 g/mol. The average molecular weight is 312 g/mol. The summed E-state index contributed by atoms with van der Waals surface area (Å²) in [6, 6.07) is 6.17. The number of ether oxygens (including phenoxy) is 1. The Morgan fingerprint density at radius 3 is 3.00 bits per heavy atom. The van der Waals surface area contributed by atoms with Gasteiger partial charge in [-0.3, -0.25) is 0 Å². The van der Waals surface area contributed by atoms with E-state index in [9.17, 15) is 0 Å². The number of benzene rings is 1. The normalized spacial score (nSPS) is 10.3. The van der Waals surface area contributed by atoms with Gasteiger partial charge >= 0.3 is 0 Å². The SMILES string of the molecule is C=CCCCOc1ccc(Br)cc1CNCCC. The molecule has 100 valence electrons. The first kappa shape index (κ1) is 15.3. The molecule has 1 aromatic rings. The summed E-state index contributed by atoms with van der Waals surface area (Å²) in [5, 5.41) is 3.40. The lowest BCUT2D eigenvalue weighted by molar-refractivity contribution is 0.308. The van der Waals surface area contributed by atoms with Crippen LogP contribution in [0.4, 0.5) is 0 Å². The second kappa shape index (κ2) is 9.17. The van der Waals surface area contributed by atoms with Crippen molar-refractivity contribution in [1.29, 1.82) is 0 Å². The van der Waals surface area contributed by atoms with Gasteiger partial charge in [0, 0.05) is 16.6 Å². The van der Waals surface area contributed by atoms with Crippen molar-refractivity contribution in [1.82, 2.24) is 5.32 Å². The van der Waals surface area contributed by atoms with Gasteiger partial charge in [-0.05, 0) is 44.0 Å². The van der Waals surface area contributed by atoms with E-state index >= 15 is 0 Å². The summed E-state index contributed by atoms with van der Waals surface area (Å²) in [7, 11) is 0. The van der Waals surface area contributed by atoms with Gasteiger partial charge in [-0.25, -0.2) is 0 Å². The van der Waals surface area contributed by atoms with E-state index in [-0.39, 0.29) is 0 Å². The van der Waals surface area contributed by atoms with Gasteiger partial charge in [-0.1, -0.05) is 28.9 Å². The highest BCUT2D eigenvalue weighted by molar-refractivity contribution is 9.10. The number of allylic oxidation sites excluding steroid dienone is 1. The molecule has 0 aliphatic rings. The summed E-state index contributed by atoms with van der Waals surface area (Å²) in [4.78, 5) is 0. The van der Waals surface area contributed by atoms with Crippen LogP contribution in [0.3, 0.4) is 0 Å². The third-order valence-corrected chi connectivity index (χ3v) is 3.07. The third kappa shape index (κ3) is 5.69. The molecule has 2 nitrogen and oxygen atoms in total. The first-order valence-corrected chi connectivity index (χ1v) is 7.30. The molecule has 1 aromatic carbocycles. The average Bonchev–Trinajstić information content (AvgIpc) is 2.37. The molecular formula is C15H22BrNO. The predicted octanol–water partition coefficient (Wildman–Crippen LogP) is 4.29. The van der Waals surface area contributed by atoms with Gasteiger partial charge in [0.1, 0.15) is 5.75 Å². The quantitative estimate of drug-likeness (QED) is 0.542. The van der Waals surface area contributed by atoms with E-state index in [2.05, 4.69) is 40.8 Å². The fourth-order valence-corrected chi connectivity index (χ4v) is 2.05. The Morgan fingerprint density at radius 1 is 1.44 bits per heavy atom. The Balaban J connectivity index is 2.55. The number of hydrogen-bond acceptors (Lipinski definition) is 2. The maximum absolute atomic E-state index is 5.82. The minimum Gasteiger partial charge on any atom is -0.493 e. The molecule has 0 aliphatic heterocycles. The lowest BCUT2D eigenvalue weighted by atomic mass is 10.2. The highest BCUT2D eigenvalue weighted by atomic mass is 79.9. The van der Waals surface area contributed by atoms with Crippen LogP contribution < -0.4 is 10.1 Å². The van der Waals surface area contributed by atoms with Crippen molar-refractivity contribution < 1.29 is 4.74 Å². The monoisotopic (exact) mass is 311 g/mol. The first-order chi connectivity index (χ1) is 8.77. The number of rotatable bonds is 9. The van der Waals surface area contributed by atoms with Crippen LogP contribution in [0.1, 0.15) is 31.7 Å². The Hall–Kier alpha value is -0.800. The maximum Gasteiger partial charge on any atom is 0.123 e. The smallest absolute Gasteiger partial charge is 0.123 e. The van der Waals surface area contributed by atoms with E-state index in [0.717, 1.165) is 49.2 Å². The van der Waals surface area contributed by atoms with Gasteiger partial charge in [0.25, 0.3) is 0 Å². The molecule has 0 aromatic heterocycles. The van der Waals surface area contributed by atoms with Crippen molar-refractivity contribution in [2.75, 3.05) is 13.2 Å². The maximum atomic E-state index is 5.82. The zero-order valence-electron chi connectivity index (χ0n) is 11.0. The van der Waals surface area contributed by atoms with Gasteiger partial charge in [0.15, 0.2) is 0 Å². The van der Waals surface area contributed by atoms with E-state index in [1.807, 2.05) is 18.2 Å². The standard InChI is InChI=1S/C15H22BrNO/c1-3-5-6-10-18-15-8-7-14(16)11-13(15)12-17-9-4-2/h3,7-8,11,17H,1,4-6,9-10,12H2,2H3. The second-order valence-corrected chi connectivity index (χ2v) is 5.12. The molecule has 0 heterocycles. The number of hydrogen-bond donors (Lipinski definition) is 1. The highest BCUT2D eigenvalue weighted by Gasteiger charge is 2.04. The summed E-state index contributed by atoms with van der Waals surface area (Å²) >= 11 is 3.50. The minimum atomic E-state index is 0.744. The lowest BCUT2D eigenvalue weighted by Gasteiger charge is -2.12. The van der Waals surface area contributed by atoms with Gasteiger partial charge in [-0.2, -0.15) is 0 Å². The van der Waals surface area contributed by atoms with Crippen LogP contribution in [0.2, 0.25) is 0 Å². The van der Waals surface area contributed by atoms with Crippen molar-refractivity contribution in [2.24, 2.45) is 0 Å². The summed E-state index contributed by atoms with van der Waals surface area (Å²) in [5.41, 5.74) is 1.21. The largest absolute Gasteiger partial charge is 0.493 e. The van der Waals surface area contributed by atoms with E-state index in [4.69, 9.17) is 4.74 Å².